The van der Waals surface area contributed by atoms with E-state index >= 15 is 0 Å². The van der Waals surface area contributed by atoms with Gasteiger partial charge in [0.1, 0.15) is 9.53 Å². The summed E-state index contributed by atoms with van der Waals surface area (Å²) >= 11 is 1.94. The maximum Gasteiger partial charge on any atom is 0.271 e. The zero-order chi connectivity index (χ0) is 8.01. The molecule has 0 spiro atoms. The molecule has 0 bridgehead atoms. The Kier molecular flexibility index (Phi) is 1.43. The monoisotopic (exact) mass is 191 g/mol. The highest BCUT2D eigenvalue weighted by Crippen LogP contribution is 2.32. The molecule has 2 rings (SSSR count). The molecule has 0 aliphatic carbocycles. The molecule has 0 aliphatic heterocycles. The zero-order valence-corrected chi connectivity index (χ0v) is 7.15. The predicted molar refractivity (Wildman–Crippen MR) is 42.1 cm³/mol. The van der Waals surface area contributed by atoms with Gasteiger partial charge in [-0.25, -0.2) is 4.39 Å². The molecule has 5 heteroatoms. The number of thiophene rings is 1. The Bertz CT molecular complexity index is 404. The highest BCUT2D eigenvalue weighted by Gasteiger charge is 2.13. The van der Waals surface area contributed by atoms with Crippen LogP contribution < -0.4 is 0 Å². The average molecular weight is 191 g/mol. The lowest BCUT2D eigenvalue weighted by atomic mass is 10.5. The molecule has 0 unspecified atom stereocenters. The number of halogens is 2. The minimum atomic E-state index is -0.565. The van der Waals surface area contributed by atoms with E-state index in [0.717, 1.165) is 11.3 Å². The van der Waals surface area contributed by atoms with Gasteiger partial charge >= 0.3 is 0 Å². The summed E-state index contributed by atoms with van der Waals surface area (Å²) in [7, 11) is 0. The molecular formula is C6H3F2NS2. The molecule has 1 nitrogen and oxygen atoms in total. The van der Waals surface area contributed by atoms with Gasteiger partial charge in [0.15, 0.2) is 5.82 Å². The topological polar surface area (TPSA) is 12.9 Å². The third kappa shape index (κ3) is 0.954. The Morgan fingerprint density at radius 2 is 2.00 bits per heavy atom. The van der Waals surface area contributed by atoms with E-state index in [1.165, 1.54) is 11.3 Å². The van der Waals surface area contributed by atoms with Crippen LogP contribution in [-0.2, 0) is 0 Å². The van der Waals surface area contributed by atoms with Crippen molar-refractivity contribution < 1.29 is 8.78 Å². The number of fused-ring (bicyclic) bond motifs is 1. The van der Waals surface area contributed by atoms with Crippen molar-refractivity contribution in [2.75, 3.05) is 0 Å². The van der Waals surface area contributed by atoms with Gasteiger partial charge in [-0.2, -0.15) is 9.37 Å². The standard InChI is InChI=1S/C6H3F2NS2/c1-2-3(7)4-5(10-2)9-6(8)11-4/h1H3. The van der Waals surface area contributed by atoms with Gasteiger partial charge in [-0.1, -0.05) is 11.3 Å². The predicted octanol–water partition coefficient (Wildman–Crippen LogP) is 2.94. The molecule has 0 amide bonds. The number of rotatable bonds is 0. The summed E-state index contributed by atoms with van der Waals surface area (Å²) in [6, 6.07) is 0. The molecule has 11 heavy (non-hydrogen) atoms. The molecular weight excluding hydrogens is 188 g/mol. The molecule has 0 N–H and O–H groups in total. The van der Waals surface area contributed by atoms with Crippen molar-refractivity contribution in [3.05, 3.63) is 16.0 Å². The summed E-state index contributed by atoms with van der Waals surface area (Å²) in [4.78, 5) is 4.55. The first-order valence-corrected chi connectivity index (χ1v) is 4.52. The molecule has 2 aromatic rings. The highest BCUT2D eigenvalue weighted by molar-refractivity contribution is 7.26. The number of hydrogen-bond donors (Lipinski definition) is 0. The van der Waals surface area contributed by atoms with Gasteiger partial charge in [0.2, 0.25) is 0 Å². The third-order valence-corrected chi connectivity index (χ3v) is 3.27. The quantitative estimate of drug-likeness (QED) is 0.624. The minimum absolute atomic E-state index is 0.327. The first-order chi connectivity index (χ1) is 5.18. The van der Waals surface area contributed by atoms with E-state index in [9.17, 15) is 8.78 Å². The van der Waals surface area contributed by atoms with Crippen LogP contribution >= 0.6 is 22.7 Å². The van der Waals surface area contributed by atoms with Crippen LogP contribution in [0.5, 0.6) is 0 Å². The average Bonchev–Trinajstić information content (AvgIpc) is 2.37. The van der Waals surface area contributed by atoms with E-state index < -0.39 is 5.26 Å². The van der Waals surface area contributed by atoms with Crippen molar-refractivity contribution in [3.63, 3.8) is 0 Å². The second-order valence-corrected chi connectivity index (χ2v) is 4.23. The summed E-state index contributed by atoms with van der Waals surface area (Å²) in [5.74, 6) is -0.327. The number of thiazole rings is 1. The lowest BCUT2D eigenvalue weighted by molar-refractivity contribution is 0.621. The lowest BCUT2D eigenvalue weighted by Crippen LogP contribution is -1.66. The van der Waals surface area contributed by atoms with Crippen LogP contribution in [0.1, 0.15) is 4.88 Å². The second-order valence-electron chi connectivity index (χ2n) is 2.07. The Morgan fingerprint density at radius 1 is 1.27 bits per heavy atom. The summed E-state index contributed by atoms with van der Waals surface area (Å²) in [5, 5.41) is -0.565. The maximum atomic E-state index is 13.0. The van der Waals surface area contributed by atoms with Gasteiger partial charge in [-0.15, -0.1) is 11.3 Å². The van der Waals surface area contributed by atoms with E-state index in [0.29, 0.717) is 14.4 Å². The largest absolute Gasteiger partial charge is 0.271 e. The van der Waals surface area contributed by atoms with E-state index in [1.807, 2.05) is 0 Å². The van der Waals surface area contributed by atoms with Crippen molar-refractivity contribution in [1.82, 2.24) is 4.98 Å². The molecule has 0 radical (unpaired) electrons. The molecule has 0 saturated heterocycles. The number of nitrogens with zero attached hydrogens (tertiary/aromatic N) is 1. The van der Waals surface area contributed by atoms with Gasteiger partial charge in [0, 0.05) is 4.88 Å². The van der Waals surface area contributed by atoms with E-state index in [4.69, 9.17) is 0 Å². The molecule has 0 atom stereocenters. The zero-order valence-electron chi connectivity index (χ0n) is 5.52. The van der Waals surface area contributed by atoms with Crippen LogP contribution in [0.3, 0.4) is 0 Å². The fraction of sp³-hybridized carbons (Fsp3) is 0.167. The molecule has 2 aromatic heterocycles. The first kappa shape index (κ1) is 7.12. The van der Waals surface area contributed by atoms with Crippen LogP contribution in [0.4, 0.5) is 8.78 Å². The Morgan fingerprint density at radius 3 is 2.64 bits per heavy atom. The van der Waals surface area contributed by atoms with Crippen molar-refractivity contribution in [2.24, 2.45) is 0 Å². The Balaban J connectivity index is 2.88. The molecule has 0 saturated carbocycles. The highest BCUT2D eigenvalue weighted by atomic mass is 32.1. The lowest BCUT2D eigenvalue weighted by Gasteiger charge is -1.78. The number of aryl methyl sites for hydroxylation is 1. The van der Waals surface area contributed by atoms with Crippen LogP contribution in [0.25, 0.3) is 9.53 Å². The van der Waals surface area contributed by atoms with Crippen LogP contribution in [0.15, 0.2) is 0 Å². The van der Waals surface area contributed by atoms with Gasteiger partial charge in [-0.05, 0) is 6.92 Å². The third-order valence-electron chi connectivity index (χ3n) is 1.33. The van der Waals surface area contributed by atoms with Crippen LogP contribution in [0, 0.1) is 18.0 Å². The molecule has 0 aromatic carbocycles. The van der Waals surface area contributed by atoms with Gasteiger partial charge in [0.25, 0.3) is 5.26 Å². The maximum absolute atomic E-state index is 13.0. The molecule has 0 fully saturated rings. The number of hydrogen-bond acceptors (Lipinski definition) is 3. The molecule has 2 heterocycles. The summed E-state index contributed by atoms with van der Waals surface area (Å²) in [6.07, 6.45) is 0. The Hall–Kier alpha value is -0.550. The molecule has 58 valence electrons. The van der Waals surface area contributed by atoms with Crippen molar-refractivity contribution in [2.45, 2.75) is 6.92 Å². The van der Waals surface area contributed by atoms with Gasteiger partial charge < -0.3 is 0 Å². The smallest absolute Gasteiger partial charge is 0.204 e. The summed E-state index contributed by atoms with van der Waals surface area (Å²) < 4.78 is 25.7. The van der Waals surface area contributed by atoms with E-state index in [-0.39, 0.29) is 5.82 Å². The van der Waals surface area contributed by atoms with Crippen molar-refractivity contribution >= 4 is 32.2 Å². The van der Waals surface area contributed by atoms with Gasteiger partial charge in [-0.3, -0.25) is 0 Å². The van der Waals surface area contributed by atoms with E-state index in [1.54, 1.807) is 6.92 Å². The van der Waals surface area contributed by atoms with Crippen LogP contribution in [-0.4, -0.2) is 4.98 Å². The Labute approximate surface area is 69.3 Å². The van der Waals surface area contributed by atoms with Crippen molar-refractivity contribution in [1.29, 1.82) is 0 Å². The normalized spacial score (nSPS) is 11.2. The summed E-state index contributed by atoms with van der Waals surface area (Å²) in [6.45, 7) is 1.66. The molecule has 0 aliphatic rings. The van der Waals surface area contributed by atoms with Crippen LogP contribution in [0.2, 0.25) is 0 Å². The van der Waals surface area contributed by atoms with Gasteiger partial charge in [0.05, 0.1) is 0 Å². The van der Waals surface area contributed by atoms with Crippen molar-refractivity contribution in [3.8, 4) is 0 Å². The summed E-state index contributed by atoms with van der Waals surface area (Å²) in [5.41, 5.74) is 0. The number of aromatic nitrogens is 1. The SMILES string of the molecule is Cc1sc2nc(F)sc2c1F. The fourth-order valence-corrected chi connectivity index (χ4v) is 2.68. The first-order valence-electron chi connectivity index (χ1n) is 2.89. The van der Waals surface area contributed by atoms with E-state index in [2.05, 4.69) is 4.98 Å². The second kappa shape index (κ2) is 2.22. The minimum Gasteiger partial charge on any atom is -0.204 e. The fourth-order valence-electron chi connectivity index (χ4n) is 0.839.